The molecule has 2 atom stereocenters. The van der Waals surface area contributed by atoms with E-state index < -0.39 is 12.2 Å². The number of nitrogens with zero attached hydrogens (tertiary/aromatic N) is 2. The van der Waals surface area contributed by atoms with Crippen molar-refractivity contribution in [2.75, 3.05) is 13.1 Å². The number of hydrogen-bond acceptors (Lipinski definition) is 3. The van der Waals surface area contributed by atoms with Crippen molar-refractivity contribution in [2.45, 2.75) is 24.7 Å². The van der Waals surface area contributed by atoms with Gasteiger partial charge in [-0.2, -0.15) is 13.2 Å². The molecular formula is C11H13ClF3N3. The Hall–Kier alpha value is -0.850. The summed E-state index contributed by atoms with van der Waals surface area (Å²) in [6.45, 7) is 0.584. The fourth-order valence-corrected chi connectivity index (χ4v) is 2.32. The van der Waals surface area contributed by atoms with Crippen LogP contribution in [0.5, 0.6) is 0 Å². The molecule has 2 heterocycles. The molecule has 0 amide bonds. The van der Waals surface area contributed by atoms with Crippen molar-refractivity contribution in [2.24, 2.45) is 5.73 Å². The number of rotatable bonds is 2. The maximum Gasteiger partial charge on any atom is 0.408 e. The third-order valence-electron chi connectivity index (χ3n) is 3.00. The Balaban J connectivity index is 2.28. The van der Waals surface area contributed by atoms with Crippen molar-refractivity contribution >= 4 is 11.6 Å². The van der Waals surface area contributed by atoms with Crippen LogP contribution in [0.1, 0.15) is 18.0 Å². The minimum atomic E-state index is -4.35. The van der Waals surface area contributed by atoms with Crippen LogP contribution in [0.2, 0.25) is 5.15 Å². The molecule has 0 bridgehead atoms. The Morgan fingerprint density at radius 1 is 1.44 bits per heavy atom. The van der Waals surface area contributed by atoms with Crippen molar-refractivity contribution in [3.63, 3.8) is 0 Å². The Bertz CT molecular complexity index is 407. The van der Waals surface area contributed by atoms with E-state index in [0.29, 0.717) is 13.0 Å². The molecule has 1 aliphatic heterocycles. The summed E-state index contributed by atoms with van der Waals surface area (Å²) in [4.78, 5) is 5.05. The Morgan fingerprint density at radius 2 is 2.17 bits per heavy atom. The first kappa shape index (κ1) is 13.6. The lowest BCUT2D eigenvalue weighted by Gasteiger charge is -2.29. The Morgan fingerprint density at radius 3 is 2.61 bits per heavy atom. The fourth-order valence-electron chi connectivity index (χ4n) is 2.21. The van der Waals surface area contributed by atoms with Gasteiger partial charge < -0.3 is 5.73 Å². The topological polar surface area (TPSA) is 42.1 Å². The standard InChI is InChI=1S/C11H13ClF3N3/c12-9-2-1-7(5-17-9)10(11(13,14)15)18-4-3-8(16)6-18/h1-2,5,8,10H,3-4,6,16H2/t8-,10?/m0/s1. The highest BCUT2D eigenvalue weighted by Gasteiger charge is 2.46. The predicted molar refractivity (Wildman–Crippen MR) is 62.2 cm³/mol. The molecule has 1 unspecified atom stereocenters. The normalized spacial score (nSPS) is 23.3. The van der Waals surface area contributed by atoms with Crippen LogP contribution >= 0.6 is 11.6 Å². The number of hydrogen-bond donors (Lipinski definition) is 1. The zero-order chi connectivity index (χ0) is 13.3. The molecule has 1 fully saturated rings. The highest BCUT2D eigenvalue weighted by atomic mass is 35.5. The number of nitrogens with two attached hydrogens (primary N) is 1. The van der Waals surface area contributed by atoms with Gasteiger partial charge in [-0.05, 0) is 18.1 Å². The molecule has 0 aromatic carbocycles. The summed E-state index contributed by atoms with van der Waals surface area (Å²) >= 11 is 5.59. The first-order valence-corrected chi connectivity index (χ1v) is 5.93. The first-order valence-electron chi connectivity index (χ1n) is 5.55. The molecule has 2 rings (SSSR count). The van der Waals surface area contributed by atoms with E-state index in [4.69, 9.17) is 17.3 Å². The van der Waals surface area contributed by atoms with E-state index in [0.717, 1.165) is 0 Å². The summed E-state index contributed by atoms with van der Waals surface area (Å²) in [7, 11) is 0. The van der Waals surface area contributed by atoms with Gasteiger partial charge in [0.25, 0.3) is 0 Å². The molecule has 1 aromatic rings. The third kappa shape index (κ3) is 2.93. The maximum absolute atomic E-state index is 13.1. The van der Waals surface area contributed by atoms with Crippen molar-refractivity contribution in [1.82, 2.24) is 9.88 Å². The van der Waals surface area contributed by atoms with E-state index in [1.54, 1.807) is 0 Å². The Kier molecular flexibility index (Phi) is 3.79. The summed E-state index contributed by atoms with van der Waals surface area (Å²) in [6, 6.07) is 0.870. The molecule has 0 saturated carbocycles. The van der Waals surface area contributed by atoms with Gasteiger partial charge in [0.1, 0.15) is 11.2 Å². The van der Waals surface area contributed by atoms with Gasteiger partial charge in [0.2, 0.25) is 0 Å². The molecule has 18 heavy (non-hydrogen) atoms. The largest absolute Gasteiger partial charge is 0.408 e. The number of pyridine rings is 1. The van der Waals surface area contributed by atoms with Crippen LogP contribution < -0.4 is 5.73 Å². The molecule has 1 aliphatic rings. The monoisotopic (exact) mass is 279 g/mol. The van der Waals surface area contributed by atoms with Gasteiger partial charge >= 0.3 is 6.18 Å². The van der Waals surface area contributed by atoms with Gasteiger partial charge in [0, 0.05) is 25.3 Å². The van der Waals surface area contributed by atoms with Gasteiger partial charge in [0.05, 0.1) is 0 Å². The maximum atomic E-state index is 13.1. The van der Waals surface area contributed by atoms with Crippen molar-refractivity contribution in [3.05, 3.63) is 29.0 Å². The van der Waals surface area contributed by atoms with Crippen molar-refractivity contribution in [1.29, 1.82) is 0 Å². The molecule has 0 spiro atoms. The Labute approximate surface area is 108 Å². The minimum absolute atomic E-state index is 0.0981. The lowest BCUT2D eigenvalue weighted by Crippen LogP contribution is -2.38. The van der Waals surface area contributed by atoms with Gasteiger partial charge in [-0.3, -0.25) is 4.90 Å². The molecule has 0 radical (unpaired) electrons. The van der Waals surface area contributed by atoms with Crippen LogP contribution in [0.3, 0.4) is 0 Å². The summed E-state index contributed by atoms with van der Waals surface area (Å²) in [5.74, 6) is 0. The number of likely N-dealkylation sites (tertiary alicyclic amines) is 1. The van der Waals surface area contributed by atoms with E-state index in [9.17, 15) is 13.2 Å². The molecule has 0 aliphatic carbocycles. The van der Waals surface area contributed by atoms with Crippen LogP contribution in [0.4, 0.5) is 13.2 Å². The third-order valence-corrected chi connectivity index (χ3v) is 3.22. The average molecular weight is 280 g/mol. The van der Waals surface area contributed by atoms with Gasteiger partial charge in [-0.25, -0.2) is 4.98 Å². The first-order chi connectivity index (χ1) is 8.38. The van der Waals surface area contributed by atoms with E-state index in [2.05, 4.69) is 4.98 Å². The summed E-state index contributed by atoms with van der Waals surface area (Å²) in [6.07, 6.45) is -2.60. The lowest BCUT2D eigenvalue weighted by atomic mass is 10.1. The van der Waals surface area contributed by atoms with E-state index in [-0.39, 0.29) is 23.3 Å². The van der Waals surface area contributed by atoms with Crippen LogP contribution in [-0.4, -0.2) is 35.2 Å². The molecule has 1 saturated heterocycles. The second-order valence-corrected chi connectivity index (χ2v) is 4.79. The van der Waals surface area contributed by atoms with Crippen molar-refractivity contribution < 1.29 is 13.2 Å². The van der Waals surface area contributed by atoms with Crippen molar-refractivity contribution in [3.8, 4) is 0 Å². The highest BCUT2D eigenvalue weighted by molar-refractivity contribution is 6.29. The molecule has 1 aromatic heterocycles. The smallest absolute Gasteiger partial charge is 0.326 e. The second kappa shape index (κ2) is 5.03. The fraction of sp³-hybridized carbons (Fsp3) is 0.545. The number of alkyl halides is 3. The van der Waals surface area contributed by atoms with Crippen LogP contribution in [0.15, 0.2) is 18.3 Å². The zero-order valence-corrected chi connectivity index (χ0v) is 10.2. The SMILES string of the molecule is N[C@H]1CCN(C(c2ccc(Cl)nc2)C(F)(F)F)C1. The number of halogens is 4. The van der Waals surface area contributed by atoms with Gasteiger partial charge in [0.15, 0.2) is 0 Å². The van der Waals surface area contributed by atoms with Crippen LogP contribution in [-0.2, 0) is 0 Å². The molecule has 100 valence electrons. The van der Waals surface area contributed by atoms with Gasteiger partial charge in [-0.15, -0.1) is 0 Å². The highest BCUT2D eigenvalue weighted by Crippen LogP contribution is 2.39. The zero-order valence-electron chi connectivity index (χ0n) is 9.49. The average Bonchev–Trinajstić information content (AvgIpc) is 2.66. The lowest BCUT2D eigenvalue weighted by molar-refractivity contribution is -0.183. The minimum Gasteiger partial charge on any atom is -0.326 e. The van der Waals surface area contributed by atoms with E-state index in [1.807, 2.05) is 0 Å². The summed E-state index contributed by atoms with van der Waals surface area (Å²) in [5, 5.41) is 0.179. The second-order valence-electron chi connectivity index (χ2n) is 4.40. The quantitative estimate of drug-likeness (QED) is 0.845. The molecular weight excluding hydrogens is 267 g/mol. The summed E-state index contributed by atoms with van der Waals surface area (Å²) in [5.41, 5.74) is 5.76. The molecule has 3 nitrogen and oxygen atoms in total. The molecule has 2 N–H and O–H groups in total. The predicted octanol–water partition coefficient (Wildman–Crippen LogP) is 2.37. The van der Waals surface area contributed by atoms with Gasteiger partial charge in [-0.1, -0.05) is 17.7 Å². The van der Waals surface area contributed by atoms with E-state index >= 15 is 0 Å². The summed E-state index contributed by atoms with van der Waals surface area (Å²) < 4.78 is 39.4. The van der Waals surface area contributed by atoms with Crippen LogP contribution in [0, 0.1) is 0 Å². The van der Waals surface area contributed by atoms with Crippen LogP contribution in [0.25, 0.3) is 0 Å². The number of aromatic nitrogens is 1. The molecule has 7 heteroatoms. The van der Waals surface area contributed by atoms with E-state index in [1.165, 1.54) is 23.2 Å².